The second-order valence-electron chi connectivity index (χ2n) is 18.0. The molecule has 6 rings (SSSR count). The van der Waals surface area contributed by atoms with Gasteiger partial charge in [0.2, 0.25) is 35.9 Å². The molecule has 1 aromatic heterocycles. The highest BCUT2D eigenvalue weighted by atomic mass is 32.2. The molecule has 24 nitrogen and oxygen atoms in total. The molecule has 1 aliphatic rings. The van der Waals surface area contributed by atoms with Gasteiger partial charge >= 0.3 is 12.2 Å². The molecule has 1 saturated heterocycles. The minimum atomic E-state index is -5.07. The van der Waals surface area contributed by atoms with Crippen LogP contribution in [0, 0.1) is 0 Å². The van der Waals surface area contributed by atoms with Crippen molar-refractivity contribution in [3.05, 3.63) is 102 Å². The number of methoxy groups -OCH3 is 3. The molecule has 27 heteroatoms. The Hall–Kier alpha value is -6.62. The van der Waals surface area contributed by atoms with Crippen LogP contribution in [-0.4, -0.2) is 150 Å². The summed E-state index contributed by atoms with van der Waals surface area (Å²) in [5, 5.41) is 36.6. The number of nitrogens with zero attached hydrogens (tertiary/aromatic N) is 6. The maximum atomic E-state index is 16.0. The molecule has 0 bridgehead atoms. The molecule has 0 aliphatic carbocycles. The number of piperidine rings is 1. The number of aliphatic hydroxyl groups excluding tert-OH is 1. The average molecular weight is 1090 g/mol. The maximum absolute atomic E-state index is 16.0. The van der Waals surface area contributed by atoms with Crippen molar-refractivity contribution in [3.8, 4) is 28.6 Å². The van der Waals surface area contributed by atoms with Crippen LogP contribution >= 0.6 is 0 Å². The van der Waals surface area contributed by atoms with E-state index in [1.807, 2.05) is 5.32 Å². The number of aliphatic hydroxyl groups is 1. The van der Waals surface area contributed by atoms with E-state index < -0.39 is 82.1 Å². The van der Waals surface area contributed by atoms with Gasteiger partial charge in [-0.3, -0.25) is 0 Å². The lowest BCUT2D eigenvalue weighted by molar-refractivity contribution is 0.0528. The smallest absolute Gasteiger partial charge is 0.407 e. The van der Waals surface area contributed by atoms with E-state index in [9.17, 15) is 31.5 Å². The largest absolute Gasteiger partial charge is 0.497 e. The molecule has 6 N–H and O–H groups in total. The lowest BCUT2D eigenvalue weighted by Crippen LogP contribution is -2.45. The van der Waals surface area contributed by atoms with E-state index in [0.29, 0.717) is 33.9 Å². The Morgan fingerprint density at radius 2 is 1.28 bits per heavy atom. The van der Waals surface area contributed by atoms with E-state index >= 15 is 8.42 Å². The quantitative estimate of drug-likeness (QED) is 0.0484. The molecular weight excluding hydrogens is 1020 g/mol. The van der Waals surface area contributed by atoms with Crippen LogP contribution in [0.15, 0.2) is 94.7 Å². The number of carbonyl (C=O) groups excluding carboxylic acids is 1. The molecule has 5 aromatic rings. The predicted octanol–water partition coefficient (Wildman–Crippen LogP) is 3.13. The number of hydrogen-bond acceptors (Lipinski definition) is 17. The van der Waals surface area contributed by atoms with Crippen molar-refractivity contribution < 1.29 is 64.0 Å². The minimum absolute atomic E-state index is 0.0305. The zero-order valence-electron chi connectivity index (χ0n) is 41.7. The third kappa shape index (κ3) is 15.2. The fourth-order valence-corrected chi connectivity index (χ4v) is 12.7. The number of tetrazole rings is 1. The number of hydrogen-bond donors (Lipinski definition) is 6. The number of alkyl carbamates (subject to hydrolysis) is 1. The number of benzene rings is 4. The molecule has 2 heterocycles. The minimum Gasteiger partial charge on any atom is -0.497 e. The van der Waals surface area contributed by atoms with E-state index in [2.05, 4.69) is 30.2 Å². The van der Waals surface area contributed by atoms with Gasteiger partial charge in [0.1, 0.15) is 32.6 Å². The Labute approximate surface area is 430 Å². The SMILES string of the molecule is COc1ccc(CN(Cc2ccc(OC)cc2)S(=O)(=O)c2c(S(=O)(=O)NC[C@H](O)CNC(=O)O)ccc(N3CCC(S(=O)(=O)NCCNC(=O)OC(C)(C)C)CC3)c2-c2nnn(Cc3ccc(OC)cc3)n2)cc1. The van der Waals surface area contributed by atoms with Crippen LogP contribution in [0.1, 0.15) is 50.3 Å². The van der Waals surface area contributed by atoms with Crippen molar-refractivity contribution in [1.82, 2.24) is 44.6 Å². The molecule has 0 unspecified atom stereocenters. The molecule has 1 fully saturated rings. The summed E-state index contributed by atoms with van der Waals surface area (Å²) in [6, 6.07) is 22.7. The lowest BCUT2D eigenvalue weighted by atomic mass is 10.1. The van der Waals surface area contributed by atoms with Gasteiger partial charge in [0.15, 0.2) is 0 Å². The zero-order valence-corrected chi connectivity index (χ0v) is 44.2. The fourth-order valence-electron chi connectivity index (χ4n) is 7.79. The first-order valence-corrected chi connectivity index (χ1v) is 27.7. The first-order chi connectivity index (χ1) is 35.0. The number of sulfonamides is 3. The van der Waals surface area contributed by atoms with Crippen LogP contribution < -0.4 is 39.2 Å². The summed E-state index contributed by atoms with van der Waals surface area (Å²) < 4.78 is 116. The number of rotatable bonds is 24. The van der Waals surface area contributed by atoms with Crippen molar-refractivity contribution >= 4 is 47.9 Å². The zero-order chi connectivity index (χ0) is 53.8. The molecule has 1 aliphatic heterocycles. The summed E-state index contributed by atoms with van der Waals surface area (Å²) in [4.78, 5) is 24.7. The Bertz CT molecular complexity index is 2990. The lowest BCUT2D eigenvalue weighted by Gasteiger charge is -2.35. The molecule has 0 spiro atoms. The van der Waals surface area contributed by atoms with Crippen LogP contribution in [0.5, 0.6) is 17.2 Å². The molecule has 74 heavy (non-hydrogen) atoms. The first kappa shape index (κ1) is 56.7. The average Bonchev–Trinajstić information content (AvgIpc) is 3.84. The number of amides is 2. The van der Waals surface area contributed by atoms with Gasteiger partial charge in [-0.05, 0) is 104 Å². The van der Waals surface area contributed by atoms with E-state index in [0.717, 1.165) is 10.4 Å². The van der Waals surface area contributed by atoms with Crippen LogP contribution in [-0.2, 0) is 54.4 Å². The standard InChI is InChI=1S/C47H62N10O14S3/c1-47(2,3)71-46(61)48-23-24-50-72(62,63)39-21-25-55(26-22-39)40-19-20-41(73(64,65)51-28-35(58)27-49-45(59)60)43(42(40)44-52-54-57(53-44)31-34-11-17-38(70-6)18-12-34)74(66,67)56(29-32-7-13-36(68-4)14-8-32)30-33-9-15-37(69-5)16-10-33/h7-20,35,39,49-51,58H,21-31H2,1-6H3,(H,48,61)(H,59,60)/t35-/m1/s1. The number of carboxylic acid groups (broad SMARTS) is 1. The molecule has 4 aromatic carbocycles. The fraction of sp³-hybridized carbons (Fsp3) is 0.426. The van der Waals surface area contributed by atoms with Crippen molar-refractivity contribution in [3.63, 3.8) is 0 Å². The van der Waals surface area contributed by atoms with Gasteiger partial charge < -0.3 is 44.7 Å². The highest BCUT2D eigenvalue weighted by Crippen LogP contribution is 2.42. The highest BCUT2D eigenvalue weighted by Gasteiger charge is 2.40. The first-order valence-electron chi connectivity index (χ1n) is 23.2. The number of carbonyl (C=O) groups is 2. The summed E-state index contributed by atoms with van der Waals surface area (Å²) in [6.07, 6.45) is -3.67. The summed E-state index contributed by atoms with van der Waals surface area (Å²) in [5.41, 5.74) is 0.816. The molecule has 1 atom stereocenters. The number of nitrogens with one attached hydrogen (secondary N) is 4. The van der Waals surface area contributed by atoms with Crippen molar-refractivity contribution in [2.24, 2.45) is 0 Å². The van der Waals surface area contributed by atoms with E-state index in [1.165, 1.54) is 32.2 Å². The van der Waals surface area contributed by atoms with Gasteiger partial charge in [-0.1, -0.05) is 36.4 Å². The van der Waals surface area contributed by atoms with Crippen LogP contribution in [0.2, 0.25) is 0 Å². The van der Waals surface area contributed by atoms with Gasteiger partial charge in [0, 0.05) is 58.0 Å². The Kier molecular flexibility index (Phi) is 18.8. The third-order valence-corrected chi connectivity index (χ3v) is 16.9. The molecule has 402 valence electrons. The van der Waals surface area contributed by atoms with Crippen molar-refractivity contribution in [2.75, 3.05) is 65.5 Å². The van der Waals surface area contributed by atoms with E-state index in [4.69, 9.17) is 24.1 Å². The number of ether oxygens (including phenoxy) is 4. The second-order valence-corrected chi connectivity index (χ2v) is 23.6. The van der Waals surface area contributed by atoms with Gasteiger partial charge in [-0.25, -0.2) is 44.3 Å². The van der Waals surface area contributed by atoms with Crippen LogP contribution in [0.3, 0.4) is 0 Å². The molecule has 2 amide bonds. The van der Waals surface area contributed by atoms with Crippen LogP contribution in [0.4, 0.5) is 15.3 Å². The van der Waals surface area contributed by atoms with Gasteiger partial charge in [0.25, 0.3) is 0 Å². The molecule has 0 saturated carbocycles. The monoisotopic (exact) mass is 1090 g/mol. The summed E-state index contributed by atoms with van der Waals surface area (Å²) in [6.45, 7) is 3.15. The Morgan fingerprint density at radius 3 is 1.80 bits per heavy atom. The van der Waals surface area contributed by atoms with Gasteiger partial charge in [-0.15, -0.1) is 10.2 Å². The second kappa shape index (κ2) is 24.6. The topological polar surface area (TPSA) is 312 Å². The summed E-state index contributed by atoms with van der Waals surface area (Å²) in [7, 11) is -9.48. The maximum Gasteiger partial charge on any atom is 0.407 e. The summed E-state index contributed by atoms with van der Waals surface area (Å²) >= 11 is 0. The normalized spacial score (nSPS) is 14.1. The number of aromatic nitrogens is 4. The van der Waals surface area contributed by atoms with Gasteiger partial charge in [0.05, 0.1) is 44.8 Å². The van der Waals surface area contributed by atoms with Crippen molar-refractivity contribution in [1.29, 1.82) is 0 Å². The molecule has 0 radical (unpaired) electrons. The highest BCUT2D eigenvalue weighted by molar-refractivity contribution is 7.92. The van der Waals surface area contributed by atoms with Gasteiger partial charge in [-0.2, -0.15) is 9.10 Å². The Balaban J connectivity index is 1.48. The Morgan fingerprint density at radius 1 is 0.743 bits per heavy atom. The van der Waals surface area contributed by atoms with Crippen molar-refractivity contribution in [2.45, 2.75) is 80.0 Å². The predicted molar refractivity (Wildman–Crippen MR) is 271 cm³/mol. The number of anilines is 1. The van der Waals surface area contributed by atoms with E-state index in [1.54, 1.807) is 98.5 Å². The molecular formula is C47H62N10O14S3. The third-order valence-electron chi connectivity index (χ3n) is 11.5. The van der Waals surface area contributed by atoms with Crippen LogP contribution in [0.25, 0.3) is 11.4 Å². The van der Waals surface area contributed by atoms with E-state index in [-0.39, 0.29) is 75.7 Å². The summed E-state index contributed by atoms with van der Waals surface area (Å²) in [5.74, 6) is 1.30.